The Hall–Kier alpha value is -2.00. The summed E-state index contributed by atoms with van der Waals surface area (Å²) in [6, 6.07) is 8.22. The molecular weight excluding hydrogens is 422 g/mol. The molecule has 0 atom stereocenters. The van der Waals surface area contributed by atoms with Crippen LogP contribution in [0.5, 0.6) is 0 Å². The van der Waals surface area contributed by atoms with E-state index in [1.807, 2.05) is 26.2 Å². The van der Waals surface area contributed by atoms with E-state index in [9.17, 15) is 4.79 Å². The Kier molecular flexibility index (Phi) is 9.47. The minimum absolute atomic E-state index is 0.0493. The van der Waals surface area contributed by atoms with Crippen LogP contribution in [-0.4, -0.2) is 91.4 Å². The van der Waals surface area contributed by atoms with E-state index in [0.29, 0.717) is 11.7 Å². The van der Waals surface area contributed by atoms with Gasteiger partial charge in [-0.1, -0.05) is 13.0 Å². The third-order valence-corrected chi connectivity index (χ3v) is 6.29. The zero-order valence-electron chi connectivity index (χ0n) is 19.7. The van der Waals surface area contributed by atoms with Crippen LogP contribution in [0.3, 0.4) is 0 Å². The number of rotatable bonds is 10. The predicted molar refractivity (Wildman–Crippen MR) is 135 cm³/mol. The zero-order chi connectivity index (χ0) is 22.9. The van der Waals surface area contributed by atoms with E-state index in [1.54, 1.807) is 0 Å². The maximum absolute atomic E-state index is 12.7. The second kappa shape index (κ2) is 12.3. The van der Waals surface area contributed by atoms with E-state index < -0.39 is 0 Å². The maximum atomic E-state index is 12.7. The molecular formula is C24H37N5O2S. The van der Waals surface area contributed by atoms with Gasteiger partial charge in [0.15, 0.2) is 5.11 Å². The van der Waals surface area contributed by atoms with Gasteiger partial charge in [-0.05, 0) is 74.8 Å². The lowest BCUT2D eigenvalue weighted by atomic mass is 10.1. The van der Waals surface area contributed by atoms with Crippen LogP contribution in [0.15, 0.2) is 29.1 Å². The molecule has 7 nitrogen and oxygen atoms in total. The Bertz CT molecular complexity index is 940. The van der Waals surface area contributed by atoms with Crippen molar-refractivity contribution in [2.75, 3.05) is 66.6 Å². The number of fused-ring (bicyclic) bond motifs is 1. The number of nitrogens with zero attached hydrogens (tertiary/aromatic N) is 3. The number of aromatic amines is 1. The molecule has 0 amide bonds. The number of likely N-dealkylation sites (N-methyl/N-ethyl adjacent to an activating group) is 1. The quantitative estimate of drug-likeness (QED) is 0.416. The van der Waals surface area contributed by atoms with E-state index >= 15 is 0 Å². The highest BCUT2D eigenvalue weighted by molar-refractivity contribution is 7.80. The van der Waals surface area contributed by atoms with Crippen molar-refractivity contribution in [3.8, 4) is 0 Å². The van der Waals surface area contributed by atoms with E-state index in [1.165, 1.54) is 5.56 Å². The number of ether oxygens (including phenoxy) is 1. The van der Waals surface area contributed by atoms with Gasteiger partial charge in [-0.25, -0.2) is 0 Å². The lowest BCUT2D eigenvalue weighted by Crippen LogP contribution is -2.44. The number of thiocarbonyl (C=S) groups is 1. The number of aryl methyl sites for hydroxylation is 1. The second-order valence-electron chi connectivity index (χ2n) is 8.66. The van der Waals surface area contributed by atoms with Gasteiger partial charge in [-0.2, -0.15) is 0 Å². The first-order valence-electron chi connectivity index (χ1n) is 11.6. The molecule has 1 aromatic heterocycles. The van der Waals surface area contributed by atoms with E-state index in [-0.39, 0.29) is 5.56 Å². The second-order valence-corrected chi connectivity index (χ2v) is 9.05. The van der Waals surface area contributed by atoms with Crippen LogP contribution in [0.4, 0.5) is 0 Å². The number of pyridine rings is 1. The fourth-order valence-electron chi connectivity index (χ4n) is 3.85. The number of hydrogen-bond acceptors (Lipinski definition) is 5. The van der Waals surface area contributed by atoms with E-state index in [4.69, 9.17) is 17.0 Å². The molecule has 8 heteroatoms. The summed E-state index contributed by atoms with van der Waals surface area (Å²) in [5.74, 6) is 0. The molecule has 1 saturated heterocycles. The van der Waals surface area contributed by atoms with Gasteiger partial charge in [0.25, 0.3) is 5.56 Å². The first-order valence-corrected chi connectivity index (χ1v) is 12.0. The van der Waals surface area contributed by atoms with Crippen LogP contribution in [-0.2, 0) is 17.7 Å². The van der Waals surface area contributed by atoms with Crippen molar-refractivity contribution < 1.29 is 4.74 Å². The molecule has 1 fully saturated rings. The molecule has 3 rings (SSSR count). The molecule has 2 aromatic rings. The Morgan fingerprint density at radius 2 is 2.00 bits per heavy atom. The Balaban J connectivity index is 1.64. The van der Waals surface area contributed by atoms with Crippen LogP contribution in [0, 0.1) is 0 Å². The highest BCUT2D eigenvalue weighted by Crippen LogP contribution is 2.15. The Morgan fingerprint density at radius 1 is 1.22 bits per heavy atom. The van der Waals surface area contributed by atoms with Crippen LogP contribution in [0.25, 0.3) is 10.9 Å². The lowest BCUT2D eigenvalue weighted by Gasteiger charge is -2.28. The van der Waals surface area contributed by atoms with Crippen molar-refractivity contribution >= 4 is 28.2 Å². The van der Waals surface area contributed by atoms with Crippen molar-refractivity contribution in [3.63, 3.8) is 0 Å². The Morgan fingerprint density at radius 3 is 2.72 bits per heavy atom. The summed E-state index contributed by atoms with van der Waals surface area (Å²) in [7, 11) is 4.10. The van der Waals surface area contributed by atoms with Gasteiger partial charge < -0.3 is 24.8 Å². The third-order valence-electron chi connectivity index (χ3n) is 5.89. The van der Waals surface area contributed by atoms with E-state index in [2.05, 4.69) is 44.1 Å². The molecule has 1 aromatic carbocycles. The number of hydrogen-bond donors (Lipinski definition) is 2. The molecule has 0 unspecified atom stereocenters. The van der Waals surface area contributed by atoms with Crippen LogP contribution >= 0.6 is 12.2 Å². The standard InChI is InChI=1S/C24H37N5O2S/c1-4-19-6-7-22-20(16-19)17-21(23(30)26-22)18-29(11-10-27(2)3)24(32)25-8-5-9-28-12-14-31-15-13-28/h6-7,16-17H,4-5,8-15,18H2,1-3H3,(H,25,32)(H,26,30). The van der Waals surface area contributed by atoms with Crippen molar-refractivity contribution in [2.24, 2.45) is 0 Å². The summed E-state index contributed by atoms with van der Waals surface area (Å²) in [6.45, 7) is 9.77. The number of morpholine rings is 1. The van der Waals surface area contributed by atoms with Gasteiger partial charge in [-0.15, -0.1) is 0 Å². The van der Waals surface area contributed by atoms with Gasteiger partial charge in [0.2, 0.25) is 0 Å². The molecule has 2 N–H and O–H groups in total. The minimum Gasteiger partial charge on any atom is -0.379 e. The molecule has 2 heterocycles. The van der Waals surface area contributed by atoms with Gasteiger partial charge in [-0.3, -0.25) is 9.69 Å². The van der Waals surface area contributed by atoms with Crippen LogP contribution in [0.1, 0.15) is 24.5 Å². The smallest absolute Gasteiger partial charge is 0.253 e. The van der Waals surface area contributed by atoms with Gasteiger partial charge >= 0.3 is 0 Å². The van der Waals surface area contributed by atoms with Crippen molar-refractivity contribution in [2.45, 2.75) is 26.3 Å². The molecule has 0 bridgehead atoms. The highest BCUT2D eigenvalue weighted by Gasteiger charge is 2.14. The first kappa shape index (κ1) is 24.6. The Labute approximate surface area is 196 Å². The first-order chi connectivity index (χ1) is 15.5. The van der Waals surface area contributed by atoms with Crippen molar-refractivity contribution in [3.05, 3.63) is 45.7 Å². The van der Waals surface area contributed by atoms with Gasteiger partial charge in [0, 0.05) is 43.8 Å². The average molecular weight is 460 g/mol. The number of aromatic nitrogens is 1. The molecule has 176 valence electrons. The van der Waals surface area contributed by atoms with Crippen molar-refractivity contribution in [1.82, 2.24) is 25.0 Å². The minimum atomic E-state index is -0.0493. The third kappa shape index (κ3) is 7.27. The molecule has 1 aliphatic rings. The molecule has 0 aliphatic carbocycles. The van der Waals surface area contributed by atoms with Crippen LogP contribution < -0.4 is 10.9 Å². The molecule has 0 spiro atoms. The van der Waals surface area contributed by atoms with Gasteiger partial charge in [0.1, 0.15) is 0 Å². The fourth-order valence-corrected chi connectivity index (χ4v) is 4.11. The largest absolute Gasteiger partial charge is 0.379 e. The summed E-state index contributed by atoms with van der Waals surface area (Å²) in [5.41, 5.74) is 2.82. The number of benzene rings is 1. The highest BCUT2D eigenvalue weighted by atomic mass is 32.1. The molecule has 0 saturated carbocycles. The number of nitrogens with one attached hydrogen (secondary N) is 2. The maximum Gasteiger partial charge on any atom is 0.253 e. The summed E-state index contributed by atoms with van der Waals surface area (Å²) in [4.78, 5) is 22.4. The molecule has 0 radical (unpaired) electrons. The molecule has 1 aliphatic heterocycles. The van der Waals surface area contributed by atoms with Crippen molar-refractivity contribution in [1.29, 1.82) is 0 Å². The zero-order valence-corrected chi connectivity index (χ0v) is 20.5. The van der Waals surface area contributed by atoms with E-state index in [0.717, 1.165) is 81.8 Å². The summed E-state index contributed by atoms with van der Waals surface area (Å²) < 4.78 is 5.41. The lowest BCUT2D eigenvalue weighted by molar-refractivity contribution is 0.0376. The van der Waals surface area contributed by atoms with Crippen LogP contribution in [0.2, 0.25) is 0 Å². The monoisotopic (exact) mass is 459 g/mol. The SMILES string of the molecule is CCc1ccc2[nH]c(=O)c(CN(CCN(C)C)C(=S)NCCCN3CCOCC3)cc2c1. The summed E-state index contributed by atoms with van der Waals surface area (Å²) >= 11 is 5.73. The molecule has 32 heavy (non-hydrogen) atoms. The fraction of sp³-hybridized carbons (Fsp3) is 0.583. The predicted octanol–water partition coefficient (Wildman–Crippen LogP) is 2.05. The summed E-state index contributed by atoms with van der Waals surface area (Å²) in [5, 5.41) is 5.18. The number of H-pyrrole nitrogens is 1. The normalized spacial score (nSPS) is 14.8. The topological polar surface area (TPSA) is 63.8 Å². The summed E-state index contributed by atoms with van der Waals surface area (Å²) in [6.07, 6.45) is 2.00. The van der Waals surface area contributed by atoms with Gasteiger partial charge in [0.05, 0.1) is 19.8 Å². The average Bonchev–Trinajstić information content (AvgIpc) is 2.79.